The van der Waals surface area contributed by atoms with Gasteiger partial charge in [-0.1, -0.05) is 30.3 Å². The van der Waals surface area contributed by atoms with E-state index in [1.54, 1.807) is 6.92 Å². The van der Waals surface area contributed by atoms with Crippen LogP contribution in [0.1, 0.15) is 22.4 Å². The van der Waals surface area contributed by atoms with Crippen molar-refractivity contribution in [1.82, 2.24) is 4.98 Å². The van der Waals surface area contributed by atoms with E-state index in [-0.39, 0.29) is 5.97 Å². The molecule has 1 aliphatic heterocycles. The van der Waals surface area contributed by atoms with Crippen molar-refractivity contribution in [2.75, 3.05) is 11.9 Å². The number of nitrogens with one attached hydrogen (secondary N) is 1. The van der Waals surface area contributed by atoms with Crippen molar-refractivity contribution in [3.63, 3.8) is 0 Å². The van der Waals surface area contributed by atoms with Crippen LogP contribution in [0, 0.1) is 6.92 Å². The van der Waals surface area contributed by atoms with E-state index in [1.807, 2.05) is 49.4 Å². The standard InChI is InChI=1S/C21H16N2O3S/c1-3-25-21(24)19-17-16-13(18-15(22-17)9-11(2)26-18)10-14(23-20(16)27-19)12-7-5-4-6-8-12/h4-10,22H,3H2,1-2H3. The van der Waals surface area contributed by atoms with E-state index in [4.69, 9.17) is 14.1 Å². The second-order valence-corrected chi connectivity index (χ2v) is 7.35. The number of carbonyl (C=O) groups is 1. The van der Waals surface area contributed by atoms with Crippen LogP contribution in [0.5, 0.6) is 0 Å². The molecule has 0 spiro atoms. The molecule has 0 aliphatic carbocycles. The number of hydrogen-bond donors (Lipinski definition) is 1. The maximum Gasteiger partial charge on any atom is 0.350 e. The third-order valence-electron chi connectivity index (χ3n) is 4.55. The Bertz CT molecular complexity index is 1190. The SMILES string of the molecule is CCOC(=O)c1sc2nc(-c3ccccc3)cc3c2c1Nc1cc(C)oc1-3. The highest BCUT2D eigenvalue weighted by Gasteiger charge is 2.30. The molecule has 0 amide bonds. The van der Waals surface area contributed by atoms with E-state index in [0.717, 1.165) is 49.9 Å². The summed E-state index contributed by atoms with van der Waals surface area (Å²) in [5.74, 6) is 1.25. The number of aryl methyl sites for hydroxylation is 1. The summed E-state index contributed by atoms with van der Waals surface area (Å²) < 4.78 is 11.2. The molecule has 134 valence electrons. The van der Waals surface area contributed by atoms with Gasteiger partial charge in [0, 0.05) is 22.6 Å². The molecule has 6 heteroatoms. The number of carbonyl (C=O) groups excluding carboxylic acids is 1. The highest BCUT2D eigenvalue weighted by Crippen LogP contribution is 2.50. The third-order valence-corrected chi connectivity index (χ3v) is 5.62. The van der Waals surface area contributed by atoms with Crippen molar-refractivity contribution < 1.29 is 13.9 Å². The summed E-state index contributed by atoms with van der Waals surface area (Å²) in [6, 6.07) is 14.0. The van der Waals surface area contributed by atoms with E-state index in [0.29, 0.717) is 11.5 Å². The highest BCUT2D eigenvalue weighted by molar-refractivity contribution is 7.21. The number of esters is 1. The van der Waals surface area contributed by atoms with Crippen molar-refractivity contribution >= 4 is 38.9 Å². The first-order valence-electron chi connectivity index (χ1n) is 8.73. The Labute approximate surface area is 159 Å². The Morgan fingerprint density at radius 3 is 2.85 bits per heavy atom. The number of thiophene rings is 1. The largest absolute Gasteiger partial charge is 0.462 e. The maximum atomic E-state index is 12.5. The summed E-state index contributed by atoms with van der Waals surface area (Å²) in [6.07, 6.45) is 0. The number of nitrogens with zero attached hydrogens (tertiary/aromatic N) is 1. The number of ether oxygens (including phenoxy) is 1. The number of hydrogen-bond acceptors (Lipinski definition) is 6. The highest BCUT2D eigenvalue weighted by atomic mass is 32.1. The van der Waals surface area contributed by atoms with Crippen molar-refractivity contribution in [2.24, 2.45) is 0 Å². The van der Waals surface area contributed by atoms with Crippen LogP contribution in [0.2, 0.25) is 0 Å². The van der Waals surface area contributed by atoms with Crippen molar-refractivity contribution in [3.05, 3.63) is 53.1 Å². The number of rotatable bonds is 3. The smallest absolute Gasteiger partial charge is 0.350 e. The predicted molar refractivity (Wildman–Crippen MR) is 107 cm³/mol. The van der Waals surface area contributed by atoms with Crippen LogP contribution in [0.15, 0.2) is 46.9 Å². The fourth-order valence-electron chi connectivity index (χ4n) is 3.44. The second-order valence-electron chi connectivity index (χ2n) is 6.35. The van der Waals surface area contributed by atoms with Gasteiger partial charge in [0.05, 0.1) is 23.7 Å². The lowest BCUT2D eigenvalue weighted by atomic mass is 10.0. The van der Waals surface area contributed by atoms with Crippen LogP contribution >= 0.6 is 11.3 Å². The predicted octanol–water partition coefficient (Wildman–Crippen LogP) is 5.77. The quantitative estimate of drug-likeness (QED) is 0.405. The van der Waals surface area contributed by atoms with Gasteiger partial charge in [0.15, 0.2) is 5.76 Å². The third kappa shape index (κ3) is 2.44. The van der Waals surface area contributed by atoms with Gasteiger partial charge in [0.2, 0.25) is 0 Å². The maximum absolute atomic E-state index is 12.5. The molecule has 0 atom stereocenters. The summed E-state index contributed by atoms with van der Waals surface area (Å²) in [6.45, 7) is 4.05. The molecule has 4 aromatic rings. The van der Waals surface area contributed by atoms with E-state index < -0.39 is 0 Å². The molecular formula is C21H16N2O3S. The molecule has 0 unspecified atom stereocenters. The van der Waals surface area contributed by atoms with E-state index in [2.05, 4.69) is 5.32 Å². The summed E-state index contributed by atoms with van der Waals surface area (Å²) in [5.41, 5.74) is 4.43. The Balaban J connectivity index is 1.82. The van der Waals surface area contributed by atoms with Crippen LogP contribution in [0.3, 0.4) is 0 Å². The molecule has 1 aromatic carbocycles. The molecule has 0 bridgehead atoms. The van der Waals surface area contributed by atoms with Gasteiger partial charge in [0.25, 0.3) is 0 Å². The fourth-order valence-corrected chi connectivity index (χ4v) is 4.48. The molecule has 1 N–H and O–H groups in total. The molecule has 0 saturated carbocycles. The van der Waals surface area contributed by atoms with E-state index in [1.165, 1.54) is 11.3 Å². The zero-order valence-electron chi connectivity index (χ0n) is 14.8. The lowest BCUT2D eigenvalue weighted by molar-refractivity contribution is 0.0533. The first-order valence-corrected chi connectivity index (χ1v) is 9.55. The van der Waals surface area contributed by atoms with Gasteiger partial charge in [-0.25, -0.2) is 9.78 Å². The Kier molecular flexibility index (Phi) is 3.55. The Hall–Kier alpha value is -3.12. The van der Waals surface area contributed by atoms with Crippen LogP contribution in [0.25, 0.3) is 32.8 Å². The minimum Gasteiger partial charge on any atom is -0.462 e. The van der Waals surface area contributed by atoms with Gasteiger partial charge in [-0.2, -0.15) is 0 Å². The number of benzene rings is 1. The van der Waals surface area contributed by atoms with Gasteiger partial charge in [-0.15, -0.1) is 11.3 Å². The average molecular weight is 376 g/mol. The minimum atomic E-state index is -0.334. The number of furan rings is 1. The van der Waals surface area contributed by atoms with Crippen LogP contribution in [0.4, 0.5) is 11.4 Å². The van der Waals surface area contributed by atoms with Crippen LogP contribution in [-0.4, -0.2) is 17.6 Å². The van der Waals surface area contributed by atoms with E-state index in [9.17, 15) is 4.79 Å². The van der Waals surface area contributed by atoms with Gasteiger partial charge < -0.3 is 14.5 Å². The number of anilines is 2. The summed E-state index contributed by atoms with van der Waals surface area (Å²) >= 11 is 1.35. The van der Waals surface area contributed by atoms with Gasteiger partial charge in [0.1, 0.15) is 15.5 Å². The Morgan fingerprint density at radius 1 is 1.26 bits per heavy atom. The normalized spacial score (nSPS) is 11.9. The number of aromatic nitrogens is 1. The molecule has 27 heavy (non-hydrogen) atoms. The lowest BCUT2D eigenvalue weighted by Crippen LogP contribution is -2.06. The monoisotopic (exact) mass is 376 g/mol. The Morgan fingerprint density at radius 2 is 2.07 bits per heavy atom. The van der Waals surface area contributed by atoms with E-state index >= 15 is 0 Å². The van der Waals surface area contributed by atoms with Crippen molar-refractivity contribution in [2.45, 2.75) is 13.8 Å². The molecule has 0 saturated heterocycles. The molecule has 0 radical (unpaired) electrons. The molecular weight excluding hydrogens is 360 g/mol. The van der Waals surface area contributed by atoms with Gasteiger partial charge in [-0.3, -0.25) is 0 Å². The average Bonchev–Trinajstić information content (AvgIpc) is 3.23. The van der Waals surface area contributed by atoms with Crippen molar-refractivity contribution in [1.29, 1.82) is 0 Å². The zero-order chi connectivity index (χ0) is 18.5. The summed E-state index contributed by atoms with van der Waals surface area (Å²) in [5, 5.41) is 4.26. The summed E-state index contributed by atoms with van der Waals surface area (Å²) in [7, 11) is 0. The molecule has 1 aliphatic rings. The lowest BCUT2D eigenvalue weighted by Gasteiger charge is -2.16. The minimum absolute atomic E-state index is 0.331. The number of fused-ring (bicyclic) bond motifs is 2. The zero-order valence-corrected chi connectivity index (χ0v) is 15.6. The van der Waals surface area contributed by atoms with Gasteiger partial charge in [-0.05, 0) is 19.9 Å². The first-order chi connectivity index (χ1) is 13.2. The number of pyridine rings is 1. The van der Waals surface area contributed by atoms with Crippen LogP contribution in [-0.2, 0) is 4.74 Å². The molecule has 4 heterocycles. The fraction of sp³-hybridized carbons (Fsp3) is 0.143. The first kappa shape index (κ1) is 16.1. The molecule has 5 nitrogen and oxygen atoms in total. The van der Waals surface area contributed by atoms with Gasteiger partial charge >= 0.3 is 5.97 Å². The van der Waals surface area contributed by atoms with Crippen LogP contribution < -0.4 is 5.32 Å². The van der Waals surface area contributed by atoms with Crippen molar-refractivity contribution in [3.8, 4) is 22.6 Å². The molecule has 0 fully saturated rings. The topological polar surface area (TPSA) is 64.4 Å². The summed E-state index contributed by atoms with van der Waals surface area (Å²) in [4.78, 5) is 18.6. The molecule has 3 aromatic heterocycles. The second kappa shape index (κ2) is 5.96. The molecule has 5 rings (SSSR count).